The third-order valence-corrected chi connectivity index (χ3v) is 2.69. The van der Waals surface area contributed by atoms with Gasteiger partial charge in [-0.05, 0) is 44.4 Å². The molecule has 0 aromatic rings. The molecule has 2 rings (SSSR count). The van der Waals surface area contributed by atoms with Crippen molar-refractivity contribution in [3.8, 4) is 0 Å². The van der Waals surface area contributed by atoms with Crippen molar-refractivity contribution >= 4 is 0 Å². The second-order valence-corrected chi connectivity index (χ2v) is 4.02. The third kappa shape index (κ3) is 2.06. The summed E-state index contributed by atoms with van der Waals surface area (Å²) in [5.74, 6) is 0.940. The van der Waals surface area contributed by atoms with E-state index in [0.29, 0.717) is 6.04 Å². The number of rotatable bonds is 1. The quantitative estimate of drug-likeness (QED) is 0.571. The molecule has 2 fully saturated rings. The molecule has 0 saturated heterocycles. The average molecular weight is 151 g/mol. The van der Waals surface area contributed by atoms with Gasteiger partial charge in [-0.15, -0.1) is 0 Å². The highest BCUT2D eigenvalue weighted by atomic mass is 14.6. The van der Waals surface area contributed by atoms with E-state index in [4.69, 9.17) is 5.73 Å². The lowest BCUT2D eigenvalue weighted by atomic mass is 9.90. The van der Waals surface area contributed by atoms with Crippen molar-refractivity contribution in [2.24, 2.45) is 11.7 Å². The molecule has 0 aromatic carbocycles. The van der Waals surface area contributed by atoms with E-state index >= 15 is 0 Å². The van der Waals surface area contributed by atoms with E-state index in [0.717, 1.165) is 5.92 Å². The third-order valence-electron chi connectivity index (χ3n) is 2.69. The molecule has 0 bridgehead atoms. The summed E-state index contributed by atoms with van der Waals surface area (Å²) < 4.78 is 0. The maximum Gasteiger partial charge on any atom is 0.00761 e. The van der Waals surface area contributed by atoms with Gasteiger partial charge in [0, 0.05) is 6.04 Å². The fourth-order valence-electron chi connectivity index (χ4n) is 1.88. The Morgan fingerprint density at radius 2 is 2.09 bits per heavy atom. The van der Waals surface area contributed by atoms with Crippen LogP contribution in [0.25, 0.3) is 0 Å². The van der Waals surface area contributed by atoms with Crippen LogP contribution in [0.2, 0.25) is 0 Å². The maximum atomic E-state index is 5.88. The average Bonchev–Trinajstić information content (AvgIpc) is 2.71. The van der Waals surface area contributed by atoms with Crippen molar-refractivity contribution in [2.75, 3.05) is 0 Å². The fraction of sp³-hybridized carbons (Fsp3) is 0.800. The van der Waals surface area contributed by atoms with E-state index < -0.39 is 0 Å². The molecule has 0 aliphatic heterocycles. The summed E-state index contributed by atoms with van der Waals surface area (Å²) in [6.45, 7) is 0. The molecule has 0 aromatic heterocycles. The molecular weight excluding hydrogens is 134 g/mol. The molecule has 62 valence electrons. The smallest absolute Gasteiger partial charge is 0.00761 e. The Hall–Kier alpha value is -0.300. The second-order valence-electron chi connectivity index (χ2n) is 4.02. The Balaban J connectivity index is 1.91. The van der Waals surface area contributed by atoms with Gasteiger partial charge in [0.25, 0.3) is 0 Å². The first-order valence-electron chi connectivity index (χ1n) is 4.80. The molecule has 0 spiro atoms. The monoisotopic (exact) mass is 151 g/mol. The van der Waals surface area contributed by atoms with Crippen LogP contribution in [0.5, 0.6) is 0 Å². The van der Waals surface area contributed by atoms with Crippen molar-refractivity contribution in [3.63, 3.8) is 0 Å². The molecule has 2 saturated carbocycles. The van der Waals surface area contributed by atoms with Crippen molar-refractivity contribution < 1.29 is 0 Å². The standard InChI is InChI=1S/C10H17N/c11-10-3-1-2-9(7-10)6-8-4-5-8/h6,8,10H,1-5,7,11H2/b9-6+. The van der Waals surface area contributed by atoms with Crippen LogP contribution in [0.15, 0.2) is 11.6 Å². The fourth-order valence-corrected chi connectivity index (χ4v) is 1.88. The zero-order valence-corrected chi connectivity index (χ0v) is 7.05. The van der Waals surface area contributed by atoms with E-state index in [-0.39, 0.29) is 0 Å². The summed E-state index contributed by atoms with van der Waals surface area (Å²) in [6.07, 6.45) is 10.4. The normalized spacial score (nSPS) is 36.1. The Kier molecular flexibility index (Phi) is 1.99. The van der Waals surface area contributed by atoms with E-state index in [9.17, 15) is 0 Å². The molecule has 2 N–H and O–H groups in total. The first-order chi connectivity index (χ1) is 5.34. The number of allylic oxidation sites excluding steroid dienone is 1. The molecule has 0 heterocycles. The SMILES string of the molecule is NC1CCC/C(=C\C2CC2)C1. The summed E-state index contributed by atoms with van der Waals surface area (Å²) >= 11 is 0. The maximum absolute atomic E-state index is 5.88. The molecule has 0 radical (unpaired) electrons. The zero-order valence-electron chi connectivity index (χ0n) is 7.05. The summed E-state index contributed by atoms with van der Waals surface area (Å²) in [5, 5.41) is 0. The highest BCUT2D eigenvalue weighted by Gasteiger charge is 2.21. The van der Waals surface area contributed by atoms with Crippen LogP contribution in [0, 0.1) is 5.92 Å². The number of hydrogen-bond acceptors (Lipinski definition) is 1. The molecule has 1 unspecified atom stereocenters. The van der Waals surface area contributed by atoms with Crippen molar-refractivity contribution in [2.45, 2.75) is 44.6 Å². The van der Waals surface area contributed by atoms with Crippen molar-refractivity contribution in [1.29, 1.82) is 0 Å². The number of hydrogen-bond donors (Lipinski definition) is 1. The van der Waals surface area contributed by atoms with Crippen LogP contribution in [0.1, 0.15) is 38.5 Å². The molecule has 11 heavy (non-hydrogen) atoms. The van der Waals surface area contributed by atoms with Gasteiger partial charge in [0.15, 0.2) is 0 Å². The van der Waals surface area contributed by atoms with Crippen molar-refractivity contribution in [1.82, 2.24) is 0 Å². The molecule has 0 amide bonds. The van der Waals surface area contributed by atoms with Gasteiger partial charge in [-0.3, -0.25) is 0 Å². The minimum Gasteiger partial charge on any atom is -0.327 e. The minimum atomic E-state index is 0.466. The molecular formula is C10H17N. The second kappa shape index (κ2) is 2.98. The predicted molar refractivity (Wildman–Crippen MR) is 47.3 cm³/mol. The Bertz CT molecular complexity index is 168. The van der Waals surface area contributed by atoms with Gasteiger partial charge in [0.1, 0.15) is 0 Å². The van der Waals surface area contributed by atoms with Gasteiger partial charge >= 0.3 is 0 Å². The van der Waals surface area contributed by atoms with Crippen LogP contribution < -0.4 is 5.73 Å². The lowest BCUT2D eigenvalue weighted by Crippen LogP contribution is -2.23. The van der Waals surface area contributed by atoms with Gasteiger partial charge in [-0.1, -0.05) is 11.6 Å². The van der Waals surface area contributed by atoms with Crippen LogP contribution >= 0.6 is 0 Å². The van der Waals surface area contributed by atoms with Crippen LogP contribution in [-0.2, 0) is 0 Å². The molecule has 2 aliphatic rings. The highest BCUT2D eigenvalue weighted by molar-refractivity contribution is 5.11. The van der Waals surface area contributed by atoms with Gasteiger partial charge in [0.05, 0.1) is 0 Å². The van der Waals surface area contributed by atoms with Crippen LogP contribution in [-0.4, -0.2) is 6.04 Å². The first kappa shape index (κ1) is 7.35. The van der Waals surface area contributed by atoms with E-state index in [2.05, 4.69) is 6.08 Å². The lowest BCUT2D eigenvalue weighted by molar-refractivity contribution is 0.515. The molecule has 1 heteroatoms. The summed E-state index contributed by atoms with van der Waals surface area (Å²) in [7, 11) is 0. The van der Waals surface area contributed by atoms with E-state index in [1.54, 1.807) is 5.57 Å². The summed E-state index contributed by atoms with van der Waals surface area (Å²) in [5.41, 5.74) is 7.53. The van der Waals surface area contributed by atoms with Gasteiger partial charge in [-0.2, -0.15) is 0 Å². The van der Waals surface area contributed by atoms with Gasteiger partial charge in [0.2, 0.25) is 0 Å². The lowest BCUT2D eigenvalue weighted by Gasteiger charge is -2.20. The molecule has 2 aliphatic carbocycles. The molecule has 1 atom stereocenters. The first-order valence-corrected chi connectivity index (χ1v) is 4.80. The molecule has 1 nitrogen and oxygen atoms in total. The Morgan fingerprint density at radius 3 is 2.73 bits per heavy atom. The Morgan fingerprint density at radius 1 is 1.27 bits per heavy atom. The zero-order chi connectivity index (χ0) is 7.68. The largest absolute Gasteiger partial charge is 0.327 e. The predicted octanol–water partition coefficient (Wildman–Crippen LogP) is 2.22. The summed E-state index contributed by atoms with van der Waals surface area (Å²) in [4.78, 5) is 0. The minimum absolute atomic E-state index is 0.466. The van der Waals surface area contributed by atoms with Crippen LogP contribution in [0.4, 0.5) is 0 Å². The summed E-state index contributed by atoms with van der Waals surface area (Å²) in [6, 6.07) is 0.466. The number of nitrogens with two attached hydrogens (primary N) is 1. The van der Waals surface area contributed by atoms with E-state index in [1.807, 2.05) is 0 Å². The van der Waals surface area contributed by atoms with Gasteiger partial charge < -0.3 is 5.73 Å². The Labute approximate surface area is 68.7 Å². The van der Waals surface area contributed by atoms with Crippen molar-refractivity contribution in [3.05, 3.63) is 11.6 Å². The van der Waals surface area contributed by atoms with E-state index in [1.165, 1.54) is 38.5 Å². The van der Waals surface area contributed by atoms with Gasteiger partial charge in [-0.25, -0.2) is 0 Å². The highest BCUT2D eigenvalue weighted by Crippen LogP contribution is 2.34. The van der Waals surface area contributed by atoms with Crippen LogP contribution in [0.3, 0.4) is 0 Å². The topological polar surface area (TPSA) is 26.0 Å².